The second kappa shape index (κ2) is 7.35. The summed E-state index contributed by atoms with van der Waals surface area (Å²) in [5.41, 5.74) is 1.00. The summed E-state index contributed by atoms with van der Waals surface area (Å²) >= 11 is 0. The van der Waals surface area contributed by atoms with E-state index < -0.39 is 12.1 Å². The van der Waals surface area contributed by atoms with Crippen LogP contribution in [0, 0.1) is 5.92 Å². The SMILES string of the molecule is CC(=O)NC(C)C(=O)NC12CC(NC(=O)[C@H](C(C)C)N3Cc4ccccc4C3=O)(C1)C2. The molecule has 166 valence electrons. The van der Waals surface area contributed by atoms with Gasteiger partial charge >= 0.3 is 0 Å². The second-order valence-electron chi connectivity index (χ2n) is 9.77. The van der Waals surface area contributed by atoms with Gasteiger partial charge in [0.25, 0.3) is 5.91 Å². The molecule has 0 saturated heterocycles. The van der Waals surface area contributed by atoms with E-state index >= 15 is 0 Å². The van der Waals surface area contributed by atoms with Gasteiger partial charge in [0.05, 0.1) is 0 Å². The van der Waals surface area contributed by atoms with Crippen LogP contribution in [0.25, 0.3) is 0 Å². The molecule has 1 aromatic carbocycles. The fourth-order valence-corrected chi connectivity index (χ4v) is 5.43. The third kappa shape index (κ3) is 3.68. The molecule has 1 aromatic rings. The van der Waals surface area contributed by atoms with E-state index in [0.717, 1.165) is 5.56 Å². The van der Waals surface area contributed by atoms with Crippen LogP contribution in [0.1, 0.15) is 62.9 Å². The molecule has 1 aliphatic heterocycles. The number of benzene rings is 1. The molecule has 31 heavy (non-hydrogen) atoms. The van der Waals surface area contributed by atoms with E-state index in [1.807, 2.05) is 38.1 Å². The lowest BCUT2D eigenvalue weighted by Crippen LogP contribution is -2.85. The number of nitrogens with one attached hydrogen (secondary N) is 3. The highest BCUT2D eigenvalue weighted by atomic mass is 16.2. The van der Waals surface area contributed by atoms with Crippen LogP contribution in [-0.2, 0) is 20.9 Å². The summed E-state index contributed by atoms with van der Waals surface area (Å²) in [7, 11) is 0. The summed E-state index contributed by atoms with van der Waals surface area (Å²) in [5.74, 6) is -0.726. The first-order valence-corrected chi connectivity index (χ1v) is 10.8. The largest absolute Gasteiger partial charge is 0.349 e. The monoisotopic (exact) mass is 426 g/mol. The first kappa shape index (κ1) is 21.3. The van der Waals surface area contributed by atoms with E-state index in [0.29, 0.717) is 31.4 Å². The summed E-state index contributed by atoms with van der Waals surface area (Å²) in [6, 6.07) is 6.35. The molecule has 3 saturated carbocycles. The van der Waals surface area contributed by atoms with Gasteiger partial charge in [-0.1, -0.05) is 32.0 Å². The highest BCUT2D eigenvalue weighted by Gasteiger charge is 2.69. The van der Waals surface area contributed by atoms with Crippen LogP contribution < -0.4 is 16.0 Å². The summed E-state index contributed by atoms with van der Waals surface area (Å²) in [6.07, 6.45) is 2.01. The fraction of sp³-hybridized carbons (Fsp3) is 0.565. The zero-order valence-electron chi connectivity index (χ0n) is 18.5. The Kier molecular flexibility index (Phi) is 5.06. The maximum absolute atomic E-state index is 13.2. The molecule has 8 heteroatoms. The number of nitrogens with zero attached hydrogens (tertiary/aromatic N) is 1. The zero-order valence-corrected chi connectivity index (χ0v) is 18.5. The number of hydrogen-bond acceptors (Lipinski definition) is 4. The van der Waals surface area contributed by atoms with Crippen molar-refractivity contribution in [1.82, 2.24) is 20.9 Å². The van der Waals surface area contributed by atoms with Crippen molar-refractivity contribution >= 4 is 23.6 Å². The molecule has 0 aromatic heterocycles. The standard InChI is InChI=1S/C23H30N4O4/c1-13(2)18(27-9-16-7-5-6-8-17(16)21(27)31)20(30)26-23-10-22(11-23,12-23)25-19(29)14(3)24-15(4)28/h5-8,13-14,18H,9-12H2,1-4H3,(H,24,28)(H,25,29)(H,26,30)/t14?,18-,22?,23?/m0/s1. The van der Waals surface area contributed by atoms with Gasteiger partial charge in [-0.3, -0.25) is 19.2 Å². The summed E-state index contributed by atoms with van der Waals surface area (Å²) < 4.78 is 0. The summed E-state index contributed by atoms with van der Waals surface area (Å²) in [4.78, 5) is 51.2. The minimum Gasteiger partial charge on any atom is -0.349 e. The van der Waals surface area contributed by atoms with E-state index in [2.05, 4.69) is 16.0 Å². The average molecular weight is 427 g/mol. The Balaban J connectivity index is 1.36. The molecule has 0 spiro atoms. The van der Waals surface area contributed by atoms with Crippen LogP contribution in [0.3, 0.4) is 0 Å². The van der Waals surface area contributed by atoms with Crippen molar-refractivity contribution in [2.45, 2.75) is 76.7 Å². The molecular weight excluding hydrogens is 396 g/mol. The molecule has 4 amide bonds. The molecule has 2 atom stereocenters. The van der Waals surface area contributed by atoms with E-state index in [9.17, 15) is 19.2 Å². The van der Waals surface area contributed by atoms with E-state index in [1.165, 1.54) is 6.92 Å². The Hall–Kier alpha value is -2.90. The molecular formula is C23H30N4O4. The maximum atomic E-state index is 13.2. The lowest BCUT2D eigenvalue weighted by molar-refractivity contribution is -0.153. The molecule has 3 aliphatic carbocycles. The predicted octanol–water partition coefficient (Wildman–Crippen LogP) is 1.10. The summed E-state index contributed by atoms with van der Waals surface area (Å²) in [5, 5.41) is 8.77. The van der Waals surface area contributed by atoms with Crippen molar-refractivity contribution in [2.24, 2.45) is 5.92 Å². The molecule has 3 fully saturated rings. The Morgan fingerprint density at radius 2 is 1.55 bits per heavy atom. The smallest absolute Gasteiger partial charge is 0.255 e. The molecule has 2 bridgehead atoms. The number of amides is 4. The van der Waals surface area contributed by atoms with Crippen molar-refractivity contribution in [3.8, 4) is 0 Å². The zero-order chi connectivity index (χ0) is 22.6. The number of rotatable bonds is 7. The van der Waals surface area contributed by atoms with Gasteiger partial charge in [0, 0.05) is 30.1 Å². The lowest BCUT2D eigenvalue weighted by atomic mass is 9.44. The van der Waals surface area contributed by atoms with Crippen molar-refractivity contribution in [3.63, 3.8) is 0 Å². The molecule has 1 heterocycles. The van der Waals surface area contributed by atoms with Crippen molar-refractivity contribution < 1.29 is 19.2 Å². The van der Waals surface area contributed by atoms with Crippen LogP contribution in [0.4, 0.5) is 0 Å². The molecule has 3 N–H and O–H groups in total. The van der Waals surface area contributed by atoms with Crippen LogP contribution in [-0.4, -0.2) is 51.7 Å². The first-order chi connectivity index (χ1) is 14.5. The van der Waals surface area contributed by atoms with Gasteiger partial charge in [0.15, 0.2) is 0 Å². The Morgan fingerprint density at radius 3 is 2.10 bits per heavy atom. The van der Waals surface area contributed by atoms with Crippen LogP contribution in [0.5, 0.6) is 0 Å². The minimum absolute atomic E-state index is 0.0298. The van der Waals surface area contributed by atoms with Crippen molar-refractivity contribution in [1.29, 1.82) is 0 Å². The molecule has 1 unspecified atom stereocenters. The fourth-order valence-electron chi connectivity index (χ4n) is 5.43. The Bertz CT molecular complexity index is 937. The predicted molar refractivity (Wildman–Crippen MR) is 114 cm³/mol. The average Bonchev–Trinajstić information content (AvgIpc) is 2.94. The Labute approximate surface area is 182 Å². The topological polar surface area (TPSA) is 108 Å². The molecule has 0 radical (unpaired) electrons. The highest BCUT2D eigenvalue weighted by Crippen LogP contribution is 2.60. The molecule has 4 aliphatic rings. The van der Waals surface area contributed by atoms with Gasteiger partial charge < -0.3 is 20.9 Å². The van der Waals surface area contributed by atoms with Gasteiger partial charge in [-0.15, -0.1) is 0 Å². The number of carbonyl (C=O) groups is 4. The van der Waals surface area contributed by atoms with Crippen LogP contribution >= 0.6 is 0 Å². The van der Waals surface area contributed by atoms with Crippen molar-refractivity contribution in [3.05, 3.63) is 35.4 Å². The van der Waals surface area contributed by atoms with Crippen LogP contribution in [0.2, 0.25) is 0 Å². The minimum atomic E-state index is -0.592. The number of fused-ring (bicyclic) bond motifs is 1. The Morgan fingerprint density at radius 1 is 0.968 bits per heavy atom. The van der Waals surface area contributed by atoms with Gasteiger partial charge in [0.1, 0.15) is 12.1 Å². The van der Waals surface area contributed by atoms with Gasteiger partial charge in [-0.2, -0.15) is 0 Å². The van der Waals surface area contributed by atoms with Gasteiger partial charge in [-0.25, -0.2) is 0 Å². The lowest BCUT2D eigenvalue weighted by Gasteiger charge is -2.70. The molecule has 5 rings (SSSR count). The number of carbonyl (C=O) groups excluding carboxylic acids is 4. The molecule has 8 nitrogen and oxygen atoms in total. The van der Waals surface area contributed by atoms with Gasteiger partial charge in [0.2, 0.25) is 17.7 Å². The van der Waals surface area contributed by atoms with Crippen LogP contribution in [0.15, 0.2) is 24.3 Å². The van der Waals surface area contributed by atoms with Gasteiger partial charge in [-0.05, 0) is 43.7 Å². The van der Waals surface area contributed by atoms with E-state index in [-0.39, 0.29) is 40.6 Å². The third-order valence-electron chi connectivity index (χ3n) is 6.71. The summed E-state index contributed by atoms with van der Waals surface area (Å²) in [6.45, 7) is 7.38. The maximum Gasteiger partial charge on any atom is 0.255 e. The second-order valence-corrected chi connectivity index (χ2v) is 9.77. The quantitative estimate of drug-likeness (QED) is 0.607. The number of hydrogen-bond donors (Lipinski definition) is 3. The van der Waals surface area contributed by atoms with E-state index in [1.54, 1.807) is 11.8 Å². The third-order valence-corrected chi connectivity index (χ3v) is 6.71. The highest BCUT2D eigenvalue weighted by molar-refractivity contribution is 6.01. The first-order valence-electron chi connectivity index (χ1n) is 10.8. The normalized spacial score (nSPS) is 27.5. The van der Waals surface area contributed by atoms with Crippen molar-refractivity contribution in [2.75, 3.05) is 0 Å². The van der Waals surface area contributed by atoms with E-state index in [4.69, 9.17) is 0 Å².